The lowest BCUT2D eigenvalue weighted by Gasteiger charge is -2.39. The third-order valence-electron chi connectivity index (χ3n) is 9.08. The number of carbonyl (C=O) groups excluding carboxylic acids is 3. The molecular weight excluding hydrogens is 741 g/mol. The number of nitrogens with one attached hydrogen (secondary N) is 1. The van der Waals surface area contributed by atoms with Crippen molar-refractivity contribution in [2.24, 2.45) is 0 Å². The Morgan fingerprint density at radius 1 is 0.696 bits per heavy atom. The van der Waals surface area contributed by atoms with Crippen LogP contribution in [-0.2, 0) is 27.4 Å². The van der Waals surface area contributed by atoms with Gasteiger partial charge in [0, 0.05) is 37.3 Å². The van der Waals surface area contributed by atoms with E-state index in [9.17, 15) is 27.6 Å². The summed E-state index contributed by atoms with van der Waals surface area (Å²) in [6, 6.07) is 3.27. The first-order chi connectivity index (χ1) is 26.4. The number of ether oxygens (including phenoxy) is 6. The number of piperidine rings is 2. The van der Waals surface area contributed by atoms with E-state index in [-0.39, 0.29) is 44.6 Å². The zero-order chi connectivity index (χ0) is 40.7. The second-order valence-electron chi connectivity index (χ2n) is 15.9. The number of hydrogen-bond acceptors (Lipinski definition) is 12. The number of nitrogens with zero attached hydrogens (tertiary/aromatic N) is 5. The molecule has 2 saturated heterocycles. The van der Waals surface area contributed by atoms with Gasteiger partial charge >= 0.3 is 24.3 Å². The van der Waals surface area contributed by atoms with Gasteiger partial charge in [-0.05, 0) is 80.3 Å². The standard InChI is InChI=1S/C20H26F3N3O5.C18H27N3O4/c1-19(2,3)31-18(28)26(12-13-10-15-16(11-24-13)30-9-8-29-15)14-4-6-25(7-5-14)17(27)20(21,22)23;1-18(2,3)25-17(22)21(14-4-6-19-7-5-14)12-13-10-15-16(11-20-13)24-9-8-23-15/h10-11,14H,4-9,12H2,1-3H3;10-11,14,19H,4-9,12H2,1-3H3. The number of fused-ring (bicyclic) bond motifs is 2. The van der Waals surface area contributed by atoms with Crippen molar-refractivity contribution >= 4 is 18.1 Å². The number of alkyl halides is 3. The number of hydrogen-bond donors (Lipinski definition) is 1. The molecule has 2 aromatic rings. The number of halogens is 3. The van der Waals surface area contributed by atoms with Crippen molar-refractivity contribution in [3.8, 4) is 23.0 Å². The fraction of sp³-hybridized carbons (Fsp3) is 0.658. The van der Waals surface area contributed by atoms with Crippen LogP contribution in [0.3, 0.4) is 0 Å². The van der Waals surface area contributed by atoms with Gasteiger partial charge in [-0.2, -0.15) is 13.2 Å². The highest BCUT2D eigenvalue weighted by molar-refractivity contribution is 5.82. The van der Waals surface area contributed by atoms with Crippen LogP contribution in [0.1, 0.15) is 78.6 Å². The van der Waals surface area contributed by atoms with Crippen LogP contribution in [0.4, 0.5) is 22.8 Å². The van der Waals surface area contributed by atoms with E-state index in [2.05, 4.69) is 15.3 Å². The van der Waals surface area contributed by atoms with Gasteiger partial charge in [0.05, 0.1) is 36.9 Å². The van der Waals surface area contributed by atoms with Crippen LogP contribution in [-0.4, -0.2) is 125 Å². The Labute approximate surface area is 325 Å². The first kappa shape index (κ1) is 42.4. The van der Waals surface area contributed by atoms with Gasteiger partial charge in [-0.15, -0.1) is 0 Å². The molecule has 0 spiro atoms. The van der Waals surface area contributed by atoms with Gasteiger partial charge in [0.25, 0.3) is 0 Å². The van der Waals surface area contributed by atoms with E-state index in [1.807, 2.05) is 26.8 Å². The summed E-state index contributed by atoms with van der Waals surface area (Å²) < 4.78 is 71.4. The fourth-order valence-corrected chi connectivity index (χ4v) is 6.51. The predicted molar refractivity (Wildman–Crippen MR) is 196 cm³/mol. The summed E-state index contributed by atoms with van der Waals surface area (Å²) in [7, 11) is 0. The average Bonchev–Trinajstić information content (AvgIpc) is 3.14. The van der Waals surface area contributed by atoms with Crippen molar-refractivity contribution in [2.45, 2.75) is 110 Å². The third kappa shape index (κ3) is 12.1. The number of pyridine rings is 2. The van der Waals surface area contributed by atoms with Gasteiger partial charge in [-0.1, -0.05) is 0 Å². The minimum absolute atomic E-state index is 0.0867. The van der Waals surface area contributed by atoms with Crippen LogP contribution in [0.25, 0.3) is 0 Å². The highest BCUT2D eigenvalue weighted by Crippen LogP contribution is 2.32. The van der Waals surface area contributed by atoms with Crippen LogP contribution in [0.15, 0.2) is 24.5 Å². The molecule has 1 N–H and O–H groups in total. The maximum absolute atomic E-state index is 12.9. The maximum Gasteiger partial charge on any atom is 0.471 e. The molecule has 56 heavy (non-hydrogen) atoms. The largest absolute Gasteiger partial charge is 0.486 e. The molecule has 0 radical (unpaired) electrons. The van der Waals surface area contributed by atoms with Crippen molar-refractivity contribution in [1.82, 2.24) is 30.0 Å². The average molecular weight is 795 g/mol. The van der Waals surface area contributed by atoms with Gasteiger partial charge in [0.15, 0.2) is 23.0 Å². The van der Waals surface area contributed by atoms with Gasteiger partial charge in [0.2, 0.25) is 0 Å². The lowest BCUT2D eigenvalue weighted by molar-refractivity contribution is -0.186. The highest BCUT2D eigenvalue weighted by Gasteiger charge is 2.44. The molecule has 0 bridgehead atoms. The molecule has 3 amide bonds. The van der Waals surface area contributed by atoms with Crippen molar-refractivity contribution < 1.29 is 56.0 Å². The topological polar surface area (TPSA) is 154 Å². The van der Waals surface area contributed by atoms with E-state index in [4.69, 9.17) is 28.4 Å². The van der Waals surface area contributed by atoms with Crippen molar-refractivity contribution in [1.29, 1.82) is 0 Å². The molecule has 0 unspecified atom stereocenters. The van der Waals surface area contributed by atoms with E-state index in [1.165, 1.54) is 11.1 Å². The van der Waals surface area contributed by atoms with Crippen LogP contribution in [0.5, 0.6) is 23.0 Å². The molecule has 0 aliphatic carbocycles. The first-order valence-electron chi connectivity index (χ1n) is 18.9. The second-order valence-corrected chi connectivity index (χ2v) is 15.9. The predicted octanol–water partition coefficient (Wildman–Crippen LogP) is 5.49. The SMILES string of the molecule is CC(C)(C)OC(=O)N(Cc1cc2c(cn1)OCCO2)C1CCN(C(=O)C(F)(F)F)CC1.CC(C)(C)OC(=O)N(Cc1cc2c(cn1)OCCO2)C1CCNCC1. The molecule has 0 saturated carbocycles. The summed E-state index contributed by atoms with van der Waals surface area (Å²) >= 11 is 0. The molecule has 4 aliphatic heterocycles. The highest BCUT2D eigenvalue weighted by atomic mass is 19.4. The van der Waals surface area contributed by atoms with E-state index in [0.717, 1.165) is 36.5 Å². The van der Waals surface area contributed by atoms with E-state index in [0.29, 0.717) is 61.7 Å². The minimum atomic E-state index is -4.91. The summed E-state index contributed by atoms with van der Waals surface area (Å²) in [6.45, 7) is 14.8. The first-order valence-corrected chi connectivity index (χ1v) is 18.9. The minimum Gasteiger partial charge on any atom is -0.486 e. The Morgan fingerprint density at radius 3 is 1.48 bits per heavy atom. The maximum atomic E-state index is 12.9. The molecule has 6 heterocycles. The van der Waals surface area contributed by atoms with E-state index in [1.54, 1.807) is 37.9 Å². The summed E-state index contributed by atoms with van der Waals surface area (Å²) in [6.07, 6.45) is -0.403. The summed E-state index contributed by atoms with van der Waals surface area (Å²) in [5.41, 5.74) is 0.0305. The zero-order valence-electron chi connectivity index (χ0n) is 32.9. The summed E-state index contributed by atoms with van der Waals surface area (Å²) in [5, 5.41) is 3.33. The third-order valence-corrected chi connectivity index (χ3v) is 9.08. The molecule has 2 fully saturated rings. The number of likely N-dealkylation sites (tertiary alicyclic amines) is 1. The Kier molecular flexibility index (Phi) is 13.6. The Balaban J connectivity index is 0.000000219. The molecule has 6 rings (SSSR count). The Morgan fingerprint density at radius 2 is 1.09 bits per heavy atom. The van der Waals surface area contributed by atoms with Gasteiger partial charge in [-0.25, -0.2) is 9.59 Å². The van der Waals surface area contributed by atoms with Crippen LogP contribution in [0.2, 0.25) is 0 Å². The fourth-order valence-electron chi connectivity index (χ4n) is 6.51. The van der Waals surface area contributed by atoms with Crippen molar-refractivity contribution in [3.63, 3.8) is 0 Å². The van der Waals surface area contributed by atoms with Gasteiger partial charge < -0.3 is 38.6 Å². The summed E-state index contributed by atoms with van der Waals surface area (Å²) in [5.74, 6) is 0.512. The quantitative estimate of drug-likeness (QED) is 0.394. The van der Waals surface area contributed by atoms with Crippen molar-refractivity contribution in [3.05, 3.63) is 35.9 Å². The number of aromatic nitrogens is 2. The second kappa shape index (κ2) is 18.0. The number of rotatable bonds is 6. The van der Waals surface area contributed by atoms with Crippen molar-refractivity contribution in [2.75, 3.05) is 52.6 Å². The molecular formula is C38H53F3N6O9. The van der Waals surface area contributed by atoms with Gasteiger partial charge in [0.1, 0.15) is 37.6 Å². The smallest absolute Gasteiger partial charge is 0.471 e. The molecule has 0 atom stereocenters. The van der Waals surface area contributed by atoms with E-state index >= 15 is 0 Å². The lowest BCUT2D eigenvalue weighted by atomic mass is 10.0. The van der Waals surface area contributed by atoms with Crippen LogP contribution in [0, 0.1) is 0 Å². The van der Waals surface area contributed by atoms with E-state index < -0.39 is 35.4 Å². The van der Waals surface area contributed by atoms with Gasteiger partial charge in [-0.3, -0.25) is 24.6 Å². The van der Waals surface area contributed by atoms with Crippen LogP contribution < -0.4 is 24.3 Å². The molecule has 310 valence electrons. The molecule has 0 aromatic carbocycles. The lowest BCUT2D eigenvalue weighted by Crippen LogP contribution is -2.51. The zero-order valence-corrected chi connectivity index (χ0v) is 32.9. The number of amides is 3. The molecule has 18 heteroatoms. The van der Waals surface area contributed by atoms with Crippen LogP contribution >= 0.6 is 0 Å². The molecule has 2 aromatic heterocycles. The monoisotopic (exact) mass is 794 g/mol. The Hall–Kier alpha value is -4.74. The summed E-state index contributed by atoms with van der Waals surface area (Å²) in [4.78, 5) is 49.9. The molecule has 15 nitrogen and oxygen atoms in total. The Bertz CT molecular complexity index is 1670. The molecule has 4 aliphatic rings. The number of carbonyl (C=O) groups is 3. The normalized spacial score (nSPS) is 17.6.